The standard InChI is InChI=1S/C11H15ClN2O2/c12-9-7-13-4-1-10(9)14-8-11(15)2-5-16-6-3-11/h1,4,7,15H,2-3,5-6,8H2,(H,13,14). The highest BCUT2D eigenvalue weighted by atomic mass is 35.5. The minimum Gasteiger partial charge on any atom is -0.388 e. The molecule has 0 atom stereocenters. The highest BCUT2D eigenvalue weighted by molar-refractivity contribution is 6.33. The molecule has 0 amide bonds. The molecule has 0 spiro atoms. The van der Waals surface area contributed by atoms with Crippen LogP contribution in [0.3, 0.4) is 0 Å². The maximum atomic E-state index is 10.2. The summed E-state index contributed by atoms with van der Waals surface area (Å²) < 4.78 is 5.22. The van der Waals surface area contributed by atoms with Crippen molar-refractivity contribution in [2.45, 2.75) is 18.4 Å². The predicted molar refractivity (Wildman–Crippen MR) is 62.7 cm³/mol. The van der Waals surface area contributed by atoms with E-state index in [0.717, 1.165) is 5.69 Å². The van der Waals surface area contributed by atoms with Crippen molar-refractivity contribution in [3.63, 3.8) is 0 Å². The Labute approximate surface area is 99.6 Å². The van der Waals surface area contributed by atoms with E-state index < -0.39 is 5.60 Å². The van der Waals surface area contributed by atoms with Crippen LogP contribution in [-0.4, -0.2) is 35.5 Å². The van der Waals surface area contributed by atoms with Crippen molar-refractivity contribution < 1.29 is 9.84 Å². The third-order valence-electron chi connectivity index (χ3n) is 2.80. The van der Waals surface area contributed by atoms with Gasteiger partial charge in [-0.05, 0) is 6.07 Å². The maximum absolute atomic E-state index is 10.2. The monoisotopic (exact) mass is 242 g/mol. The van der Waals surface area contributed by atoms with Crippen molar-refractivity contribution in [3.05, 3.63) is 23.5 Å². The van der Waals surface area contributed by atoms with Gasteiger partial charge < -0.3 is 15.2 Å². The van der Waals surface area contributed by atoms with E-state index in [4.69, 9.17) is 16.3 Å². The van der Waals surface area contributed by atoms with E-state index >= 15 is 0 Å². The lowest BCUT2D eigenvalue weighted by molar-refractivity contribution is -0.0543. The zero-order valence-electron chi connectivity index (χ0n) is 8.95. The molecule has 1 saturated heterocycles. The van der Waals surface area contributed by atoms with Gasteiger partial charge in [0.25, 0.3) is 0 Å². The first-order valence-corrected chi connectivity index (χ1v) is 5.71. The van der Waals surface area contributed by atoms with Crippen LogP contribution in [0.25, 0.3) is 0 Å². The first-order valence-electron chi connectivity index (χ1n) is 5.33. The zero-order chi connectivity index (χ0) is 11.4. The Bertz CT molecular complexity index is 354. The van der Waals surface area contributed by atoms with Gasteiger partial charge in [-0.25, -0.2) is 0 Å². The number of pyridine rings is 1. The summed E-state index contributed by atoms with van der Waals surface area (Å²) >= 11 is 5.96. The van der Waals surface area contributed by atoms with E-state index in [1.807, 2.05) is 0 Å². The van der Waals surface area contributed by atoms with Gasteiger partial charge >= 0.3 is 0 Å². The van der Waals surface area contributed by atoms with E-state index in [0.29, 0.717) is 37.6 Å². The predicted octanol–water partition coefficient (Wildman–Crippen LogP) is 1.69. The first-order chi connectivity index (χ1) is 7.70. The number of aliphatic hydroxyl groups is 1. The molecular weight excluding hydrogens is 228 g/mol. The number of hydrogen-bond acceptors (Lipinski definition) is 4. The summed E-state index contributed by atoms with van der Waals surface area (Å²) in [5, 5.41) is 13.9. The molecule has 88 valence electrons. The summed E-state index contributed by atoms with van der Waals surface area (Å²) in [6, 6.07) is 1.80. The SMILES string of the molecule is OC1(CNc2ccncc2Cl)CCOCC1. The molecular formula is C11H15ClN2O2. The fraction of sp³-hybridized carbons (Fsp3) is 0.545. The van der Waals surface area contributed by atoms with Crippen LogP contribution < -0.4 is 5.32 Å². The Hall–Kier alpha value is -0.840. The lowest BCUT2D eigenvalue weighted by atomic mass is 9.94. The van der Waals surface area contributed by atoms with Gasteiger partial charge in [-0.2, -0.15) is 0 Å². The summed E-state index contributed by atoms with van der Waals surface area (Å²) in [4.78, 5) is 3.90. The molecule has 0 aromatic carbocycles. The van der Waals surface area contributed by atoms with Gasteiger partial charge in [-0.3, -0.25) is 4.98 Å². The van der Waals surface area contributed by atoms with Crippen LogP contribution >= 0.6 is 11.6 Å². The van der Waals surface area contributed by atoms with Gasteiger partial charge in [0.05, 0.1) is 16.3 Å². The second-order valence-electron chi connectivity index (χ2n) is 4.05. The summed E-state index contributed by atoms with van der Waals surface area (Å²) in [5.41, 5.74) is 0.113. The van der Waals surface area contributed by atoms with E-state index in [1.165, 1.54) is 0 Å². The smallest absolute Gasteiger partial charge is 0.0863 e. The first kappa shape index (κ1) is 11.6. The van der Waals surface area contributed by atoms with Crippen LogP contribution in [0.15, 0.2) is 18.5 Å². The highest BCUT2D eigenvalue weighted by Gasteiger charge is 2.29. The molecule has 1 aliphatic rings. The molecule has 0 aliphatic carbocycles. The van der Waals surface area contributed by atoms with Gasteiger partial charge in [0.1, 0.15) is 0 Å². The molecule has 0 saturated carbocycles. The van der Waals surface area contributed by atoms with Crippen LogP contribution in [0.4, 0.5) is 5.69 Å². The fourth-order valence-corrected chi connectivity index (χ4v) is 1.89. The molecule has 2 rings (SSSR count). The van der Waals surface area contributed by atoms with Gasteiger partial charge in [0.15, 0.2) is 0 Å². The number of nitrogens with zero attached hydrogens (tertiary/aromatic N) is 1. The maximum Gasteiger partial charge on any atom is 0.0863 e. The lowest BCUT2D eigenvalue weighted by Gasteiger charge is -2.32. The van der Waals surface area contributed by atoms with Crippen molar-refractivity contribution >= 4 is 17.3 Å². The number of aromatic nitrogens is 1. The largest absolute Gasteiger partial charge is 0.388 e. The van der Waals surface area contributed by atoms with Crippen molar-refractivity contribution in [3.8, 4) is 0 Å². The minimum atomic E-state index is -0.690. The molecule has 16 heavy (non-hydrogen) atoms. The van der Waals surface area contributed by atoms with E-state index in [1.54, 1.807) is 18.5 Å². The van der Waals surface area contributed by atoms with Crippen molar-refractivity contribution in [1.29, 1.82) is 0 Å². The summed E-state index contributed by atoms with van der Waals surface area (Å²) in [6.07, 6.45) is 4.56. The number of ether oxygens (including phenoxy) is 1. The molecule has 1 aromatic rings. The van der Waals surface area contributed by atoms with Crippen LogP contribution in [0.2, 0.25) is 5.02 Å². The van der Waals surface area contributed by atoms with E-state index in [-0.39, 0.29) is 0 Å². The van der Waals surface area contributed by atoms with Crippen LogP contribution in [0.1, 0.15) is 12.8 Å². The van der Waals surface area contributed by atoms with Crippen LogP contribution in [0, 0.1) is 0 Å². The molecule has 1 aliphatic heterocycles. The highest BCUT2D eigenvalue weighted by Crippen LogP contribution is 2.24. The third-order valence-corrected chi connectivity index (χ3v) is 3.11. The van der Waals surface area contributed by atoms with Crippen molar-refractivity contribution in [2.75, 3.05) is 25.1 Å². The minimum absolute atomic E-state index is 0.486. The number of anilines is 1. The van der Waals surface area contributed by atoms with E-state index in [2.05, 4.69) is 10.3 Å². The zero-order valence-corrected chi connectivity index (χ0v) is 9.70. The fourth-order valence-electron chi connectivity index (χ4n) is 1.71. The Morgan fingerprint density at radius 2 is 2.25 bits per heavy atom. The average Bonchev–Trinajstić information content (AvgIpc) is 2.29. The number of hydrogen-bond donors (Lipinski definition) is 2. The Kier molecular flexibility index (Phi) is 3.63. The van der Waals surface area contributed by atoms with Crippen molar-refractivity contribution in [2.24, 2.45) is 0 Å². The van der Waals surface area contributed by atoms with Gasteiger partial charge in [0, 0.05) is 45.0 Å². The second-order valence-corrected chi connectivity index (χ2v) is 4.45. The topological polar surface area (TPSA) is 54.4 Å². The molecule has 1 fully saturated rings. The van der Waals surface area contributed by atoms with Crippen molar-refractivity contribution in [1.82, 2.24) is 4.98 Å². The molecule has 2 N–H and O–H groups in total. The normalized spacial score (nSPS) is 19.4. The Balaban J connectivity index is 1.94. The van der Waals surface area contributed by atoms with Gasteiger partial charge in [-0.1, -0.05) is 11.6 Å². The van der Waals surface area contributed by atoms with Crippen LogP contribution in [0.5, 0.6) is 0 Å². The number of halogens is 1. The number of rotatable bonds is 3. The molecule has 2 heterocycles. The molecule has 1 aromatic heterocycles. The quantitative estimate of drug-likeness (QED) is 0.847. The third kappa shape index (κ3) is 2.84. The molecule has 0 radical (unpaired) electrons. The molecule has 4 nitrogen and oxygen atoms in total. The number of nitrogens with one attached hydrogen (secondary N) is 1. The van der Waals surface area contributed by atoms with Gasteiger partial charge in [-0.15, -0.1) is 0 Å². The van der Waals surface area contributed by atoms with Gasteiger partial charge in [0.2, 0.25) is 0 Å². The lowest BCUT2D eigenvalue weighted by Crippen LogP contribution is -2.42. The Morgan fingerprint density at radius 3 is 2.94 bits per heavy atom. The van der Waals surface area contributed by atoms with E-state index in [9.17, 15) is 5.11 Å². The summed E-state index contributed by atoms with van der Waals surface area (Å²) in [5.74, 6) is 0. The average molecular weight is 243 g/mol. The summed E-state index contributed by atoms with van der Waals surface area (Å²) in [7, 11) is 0. The van der Waals surface area contributed by atoms with Crippen LogP contribution in [-0.2, 0) is 4.74 Å². The summed E-state index contributed by atoms with van der Waals surface area (Å²) in [6.45, 7) is 1.71. The molecule has 0 unspecified atom stereocenters. The Morgan fingerprint density at radius 1 is 1.50 bits per heavy atom. The molecule has 5 heteroatoms. The second kappa shape index (κ2) is 4.99. The molecule has 0 bridgehead atoms.